The Hall–Kier alpha value is -3.92. The summed E-state index contributed by atoms with van der Waals surface area (Å²) in [5, 5.41) is 12.6. The van der Waals surface area contributed by atoms with Crippen molar-refractivity contribution in [3.8, 4) is 23.3 Å². The van der Waals surface area contributed by atoms with Gasteiger partial charge in [-0.2, -0.15) is 13.2 Å². The fourth-order valence-electron chi connectivity index (χ4n) is 3.01. The van der Waals surface area contributed by atoms with Crippen molar-refractivity contribution in [1.29, 1.82) is 0 Å². The van der Waals surface area contributed by atoms with Crippen LogP contribution >= 0.6 is 0 Å². The number of ketones is 1. The lowest BCUT2D eigenvalue weighted by atomic mass is 10.1. The van der Waals surface area contributed by atoms with Crippen molar-refractivity contribution in [3.05, 3.63) is 89.0 Å². The van der Waals surface area contributed by atoms with E-state index in [1.165, 1.54) is 31.4 Å². The third-order valence-electron chi connectivity index (χ3n) is 4.57. The van der Waals surface area contributed by atoms with Gasteiger partial charge in [-0.3, -0.25) is 4.79 Å². The molecule has 0 aliphatic heterocycles. The maximum absolute atomic E-state index is 13.1. The van der Waals surface area contributed by atoms with E-state index >= 15 is 0 Å². The SMILES string of the molecule is COc1cc(CC(=O)CNc2cccc(C#Cc3ccccc3C(F)(F)F)c2)ccc1O. The molecule has 0 saturated carbocycles. The Morgan fingerprint density at radius 2 is 1.81 bits per heavy atom. The second-order valence-electron chi connectivity index (χ2n) is 6.95. The van der Waals surface area contributed by atoms with Gasteiger partial charge < -0.3 is 15.2 Å². The van der Waals surface area contributed by atoms with Gasteiger partial charge in [-0.05, 0) is 48.0 Å². The third kappa shape index (κ3) is 6.05. The highest BCUT2D eigenvalue weighted by atomic mass is 19.4. The van der Waals surface area contributed by atoms with E-state index < -0.39 is 11.7 Å². The highest BCUT2D eigenvalue weighted by Crippen LogP contribution is 2.31. The summed E-state index contributed by atoms with van der Waals surface area (Å²) in [5.41, 5.74) is 0.964. The lowest BCUT2D eigenvalue weighted by molar-refractivity contribution is -0.137. The number of nitrogens with one attached hydrogen (secondary N) is 1. The number of alkyl halides is 3. The predicted molar refractivity (Wildman–Crippen MR) is 116 cm³/mol. The zero-order chi connectivity index (χ0) is 23.1. The molecule has 3 aromatic rings. The first-order valence-electron chi connectivity index (χ1n) is 9.66. The zero-order valence-corrected chi connectivity index (χ0v) is 17.2. The number of benzene rings is 3. The van der Waals surface area contributed by atoms with Crippen LogP contribution in [0, 0.1) is 11.8 Å². The Bertz CT molecular complexity index is 1180. The van der Waals surface area contributed by atoms with Crippen LogP contribution in [0.2, 0.25) is 0 Å². The number of methoxy groups -OCH3 is 1. The van der Waals surface area contributed by atoms with Gasteiger partial charge in [-0.15, -0.1) is 0 Å². The Morgan fingerprint density at radius 1 is 1.03 bits per heavy atom. The molecule has 0 spiro atoms. The summed E-state index contributed by atoms with van der Waals surface area (Å²) in [5.74, 6) is 5.53. The number of rotatable bonds is 6. The molecule has 32 heavy (non-hydrogen) atoms. The second-order valence-corrected chi connectivity index (χ2v) is 6.95. The maximum Gasteiger partial charge on any atom is 0.417 e. The van der Waals surface area contributed by atoms with Crippen LogP contribution in [0.1, 0.15) is 22.3 Å². The van der Waals surface area contributed by atoms with Crippen LogP contribution in [0.3, 0.4) is 0 Å². The number of hydrogen-bond acceptors (Lipinski definition) is 4. The number of anilines is 1. The van der Waals surface area contributed by atoms with Gasteiger partial charge in [0.05, 0.1) is 19.2 Å². The molecule has 4 nitrogen and oxygen atoms in total. The van der Waals surface area contributed by atoms with Crippen LogP contribution in [0.15, 0.2) is 66.7 Å². The quantitative estimate of drug-likeness (QED) is 0.528. The lowest BCUT2D eigenvalue weighted by Crippen LogP contribution is -2.16. The molecule has 0 atom stereocenters. The van der Waals surface area contributed by atoms with Gasteiger partial charge in [0.2, 0.25) is 0 Å². The summed E-state index contributed by atoms with van der Waals surface area (Å²) >= 11 is 0. The van der Waals surface area contributed by atoms with Gasteiger partial charge in [0.25, 0.3) is 0 Å². The van der Waals surface area contributed by atoms with Crippen LogP contribution in [0.25, 0.3) is 0 Å². The first-order valence-corrected chi connectivity index (χ1v) is 9.66. The van der Waals surface area contributed by atoms with Crippen molar-refractivity contribution in [1.82, 2.24) is 0 Å². The van der Waals surface area contributed by atoms with Crippen molar-refractivity contribution in [2.24, 2.45) is 0 Å². The fraction of sp³-hybridized carbons (Fsp3) is 0.160. The van der Waals surface area contributed by atoms with Crippen LogP contribution in [-0.4, -0.2) is 24.5 Å². The lowest BCUT2D eigenvalue weighted by Gasteiger charge is -2.09. The van der Waals surface area contributed by atoms with E-state index in [0.29, 0.717) is 22.6 Å². The summed E-state index contributed by atoms with van der Waals surface area (Å²) < 4.78 is 44.3. The normalized spacial score (nSPS) is 10.8. The van der Waals surface area contributed by atoms with Gasteiger partial charge in [0.15, 0.2) is 17.3 Å². The summed E-state index contributed by atoms with van der Waals surface area (Å²) in [4.78, 5) is 12.3. The van der Waals surface area contributed by atoms with E-state index in [9.17, 15) is 23.1 Å². The molecule has 2 N–H and O–H groups in total. The van der Waals surface area contributed by atoms with E-state index in [2.05, 4.69) is 17.2 Å². The minimum atomic E-state index is -4.48. The summed E-state index contributed by atoms with van der Waals surface area (Å²) in [6.07, 6.45) is -4.33. The van der Waals surface area contributed by atoms with Crippen molar-refractivity contribution < 1.29 is 27.8 Å². The van der Waals surface area contributed by atoms with Gasteiger partial charge in [-0.1, -0.05) is 36.1 Å². The Morgan fingerprint density at radius 3 is 2.56 bits per heavy atom. The van der Waals surface area contributed by atoms with Crippen LogP contribution in [0.5, 0.6) is 11.5 Å². The zero-order valence-electron chi connectivity index (χ0n) is 17.2. The highest BCUT2D eigenvalue weighted by Gasteiger charge is 2.32. The van der Waals surface area contributed by atoms with Gasteiger partial charge in [0, 0.05) is 23.2 Å². The van der Waals surface area contributed by atoms with Crippen molar-refractivity contribution in [2.45, 2.75) is 12.6 Å². The molecule has 0 heterocycles. The molecule has 0 aromatic heterocycles. The number of hydrogen-bond donors (Lipinski definition) is 2. The Balaban J connectivity index is 1.66. The molecule has 0 amide bonds. The standard InChI is InChI=1S/C25H20F3NO3/c1-32-24-15-18(10-12-23(24)31)14-21(30)16-29-20-7-4-5-17(13-20)9-11-19-6-2-3-8-22(19)25(26,27)28/h2-8,10,12-13,15,29,31H,14,16H2,1H3. The van der Waals surface area contributed by atoms with E-state index in [4.69, 9.17) is 4.74 Å². The Labute approximate surface area is 183 Å². The number of halogens is 3. The average Bonchev–Trinajstić information content (AvgIpc) is 2.77. The number of carbonyl (C=O) groups excluding carboxylic acids is 1. The maximum atomic E-state index is 13.1. The molecule has 0 bridgehead atoms. The topological polar surface area (TPSA) is 58.6 Å². The smallest absolute Gasteiger partial charge is 0.417 e. The molecule has 0 saturated heterocycles. The van der Waals surface area contributed by atoms with E-state index in [0.717, 1.165) is 6.07 Å². The van der Waals surface area contributed by atoms with Crippen LogP contribution < -0.4 is 10.1 Å². The summed E-state index contributed by atoms with van der Waals surface area (Å²) in [6, 6.07) is 16.7. The minimum absolute atomic E-state index is 0.00222. The fourth-order valence-corrected chi connectivity index (χ4v) is 3.01. The molecule has 0 aliphatic rings. The third-order valence-corrected chi connectivity index (χ3v) is 4.57. The molecule has 0 unspecified atom stereocenters. The van der Waals surface area contributed by atoms with Crippen molar-refractivity contribution in [3.63, 3.8) is 0 Å². The first kappa shape index (κ1) is 22.8. The molecular weight excluding hydrogens is 419 g/mol. The van der Waals surface area contributed by atoms with Crippen molar-refractivity contribution >= 4 is 11.5 Å². The molecule has 0 fully saturated rings. The molecule has 0 aliphatic carbocycles. The summed E-state index contributed by atoms with van der Waals surface area (Å²) in [7, 11) is 1.43. The molecule has 3 rings (SSSR count). The molecule has 0 radical (unpaired) electrons. The molecule has 7 heteroatoms. The average molecular weight is 439 g/mol. The number of carbonyl (C=O) groups is 1. The van der Waals surface area contributed by atoms with Crippen LogP contribution in [0.4, 0.5) is 18.9 Å². The number of phenols is 1. The monoisotopic (exact) mass is 439 g/mol. The van der Waals surface area contributed by atoms with E-state index in [1.807, 2.05) is 0 Å². The molecule has 3 aromatic carbocycles. The van der Waals surface area contributed by atoms with E-state index in [1.54, 1.807) is 36.4 Å². The number of phenolic OH excluding ortho intramolecular Hbond substituents is 1. The van der Waals surface area contributed by atoms with Gasteiger partial charge in [-0.25, -0.2) is 0 Å². The van der Waals surface area contributed by atoms with E-state index in [-0.39, 0.29) is 30.1 Å². The second kappa shape index (κ2) is 9.92. The minimum Gasteiger partial charge on any atom is -0.504 e. The van der Waals surface area contributed by atoms with Gasteiger partial charge >= 0.3 is 6.18 Å². The molecular formula is C25H20F3NO3. The van der Waals surface area contributed by atoms with Crippen LogP contribution in [-0.2, 0) is 17.4 Å². The Kier molecular flexibility index (Phi) is 7.06. The number of aromatic hydroxyl groups is 1. The predicted octanol–water partition coefficient (Wildman–Crippen LogP) is 5.04. The largest absolute Gasteiger partial charge is 0.504 e. The highest BCUT2D eigenvalue weighted by molar-refractivity contribution is 5.85. The first-order chi connectivity index (χ1) is 15.3. The summed E-state index contributed by atoms with van der Waals surface area (Å²) in [6.45, 7) is 0.0526. The van der Waals surface area contributed by atoms with Gasteiger partial charge in [0.1, 0.15) is 0 Å². The number of Topliss-reactive ketones (excluding diaryl/α,β-unsaturated/α-hetero) is 1. The number of ether oxygens (including phenoxy) is 1. The van der Waals surface area contributed by atoms with Crippen molar-refractivity contribution in [2.75, 3.05) is 19.0 Å². The molecule has 164 valence electrons.